The average molecular weight is 627 g/mol. The molecule has 6 nitrogen and oxygen atoms in total. The van der Waals surface area contributed by atoms with E-state index >= 15 is 0 Å². The number of aromatic nitrogens is 3. The average Bonchev–Trinajstić information content (AvgIpc) is 3.49. The van der Waals surface area contributed by atoms with Crippen LogP contribution in [0.25, 0.3) is 33.2 Å². The van der Waals surface area contributed by atoms with Crippen molar-refractivity contribution in [3.05, 3.63) is 75.7 Å². The maximum atomic E-state index is 11.1. The Kier molecular flexibility index (Phi) is 6.83. The summed E-state index contributed by atoms with van der Waals surface area (Å²) in [6.07, 6.45) is -0.464. The molecule has 1 N–H and O–H groups in total. The Morgan fingerprint density at radius 3 is 2.11 bits per heavy atom. The number of rotatable bonds is 6. The van der Waals surface area contributed by atoms with Crippen LogP contribution in [-0.4, -0.2) is 62.8 Å². The molecule has 0 bridgehead atoms. The molecule has 0 aliphatic carbocycles. The Balaban J connectivity index is 1.12. The van der Waals surface area contributed by atoms with Gasteiger partial charge in [-0.25, -0.2) is 0 Å². The Hall–Kier alpha value is -2.30. The Morgan fingerprint density at radius 1 is 0.833 bits per heavy atom. The highest BCUT2D eigenvalue weighted by Crippen LogP contribution is 2.33. The summed E-state index contributed by atoms with van der Waals surface area (Å²) < 4.78 is 8.91. The molecule has 3 heterocycles. The molecule has 1 atom stereocenters. The van der Waals surface area contributed by atoms with Crippen molar-refractivity contribution in [1.29, 1.82) is 0 Å². The molecule has 1 saturated heterocycles. The first-order valence-corrected chi connectivity index (χ1v) is 14.3. The number of fused-ring (bicyclic) bond motifs is 3. The highest BCUT2D eigenvalue weighted by Gasteiger charge is 2.23. The third-order valence-electron chi connectivity index (χ3n) is 6.74. The number of β-amino-alcohol motifs (C(OH)–C–C–N with tert-alkyl or cyclic N) is 1. The third kappa shape index (κ3) is 4.82. The zero-order valence-electron chi connectivity index (χ0n) is 19.5. The lowest BCUT2D eigenvalue weighted by atomic mass is 10.2. The standard InChI is InChI=1S/C27H25Br2N5OS/c28-19-6-8-24-22(14-19)23-15-20(29)7-9-25(23)34(24)17-21(35)16-32-10-12-33(13-11-32)27-30-26(31-36-27)18-4-2-1-3-5-18/h1-9,14-15,21,35H,10-13,16-17H2. The van der Waals surface area contributed by atoms with Crippen molar-refractivity contribution < 1.29 is 5.11 Å². The molecule has 1 fully saturated rings. The van der Waals surface area contributed by atoms with Crippen molar-refractivity contribution >= 4 is 70.3 Å². The van der Waals surface area contributed by atoms with Gasteiger partial charge in [0.05, 0.1) is 12.6 Å². The number of aliphatic hydroxyl groups is 1. The van der Waals surface area contributed by atoms with Gasteiger partial charge in [0.25, 0.3) is 0 Å². The Bertz CT molecular complexity index is 1450. The maximum absolute atomic E-state index is 11.1. The van der Waals surface area contributed by atoms with E-state index in [0.29, 0.717) is 13.1 Å². The lowest BCUT2D eigenvalue weighted by Gasteiger charge is -2.35. The molecule has 3 aromatic carbocycles. The summed E-state index contributed by atoms with van der Waals surface area (Å²) in [6, 6.07) is 22.8. The summed E-state index contributed by atoms with van der Waals surface area (Å²) in [4.78, 5) is 9.42. The second kappa shape index (κ2) is 10.2. The van der Waals surface area contributed by atoms with Crippen molar-refractivity contribution in [1.82, 2.24) is 18.8 Å². The van der Waals surface area contributed by atoms with Crippen LogP contribution in [0.1, 0.15) is 0 Å². The first-order valence-electron chi connectivity index (χ1n) is 12.0. The number of halogens is 2. The molecule has 1 unspecified atom stereocenters. The van der Waals surface area contributed by atoms with Crippen molar-refractivity contribution in [2.75, 3.05) is 37.6 Å². The topological polar surface area (TPSA) is 57.4 Å². The van der Waals surface area contributed by atoms with Gasteiger partial charge in [0, 0.05) is 80.6 Å². The largest absolute Gasteiger partial charge is 0.390 e. The van der Waals surface area contributed by atoms with Crippen molar-refractivity contribution in [2.24, 2.45) is 0 Å². The molecule has 2 aromatic heterocycles. The molecule has 184 valence electrons. The van der Waals surface area contributed by atoms with Gasteiger partial charge in [0.15, 0.2) is 5.82 Å². The maximum Gasteiger partial charge on any atom is 0.205 e. The molecule has 0 saturated carbocycles. The van der Waals surface area contributed by atoms with Crippen molar-refractivity contribution in [2.45, 2.75) is 12.6 Å². The van der Waals surface area contributed by atoms with E-state index in [2.05, 4.69) is 87.0 Å². The van der Waals surface area contributed by atoms with Crippen LogP contribution >= 0.6 is 43.4 Å². The van der Waals surface area contributed by atoms with Crippen molar-refractivity contribution in [3.8, 4) is 11.4 Å². The molecule has 9 heteroatoms. The van der Waals surface area contributed by atoms with E-state index < -0.39 is 6.10 Å². The Labute approximate surface area is 230 Å². The summed E-state index contributed by atoms with van der Waals surface area (Å²) in [6.45, 7) is 4.75. The first-order chi connectivity index (χ1) is 17.5. The quantitative estimate of drug-likeness (QED) is 0.250. The fourth-order valence-corrected chi connectivity index (χ4v) is 6.44. The van der Waals surface area contributed by atoms with E-state index in [1.165, 1.54) is 22.3 Å². The molecule has 0 amide bonds. The fourth-order valence-electron chi connectivity index (χ4n) is 4.98. The van der Waals surface area contributed by atoms with Gasteiger partial charge in [-0.2, -0.15) is 9.36 Å². The minimum atomic E-state index is -0.464. The van der Waals surface area contributed by atoms with Crippen LogP contribution in [0.4, 0.5) is 5.13 Å². The van der Waals surface area contributed by atoms with Crippen molar-refractivity contribution in [3.63, 3.8) is 0 Å². The van der Waals surface area contributed by atoms with E-state index in [0.717, 1.165) is 62.7 Å². The monoisotopic (exact) mass is 625 g/mol. The van der Waals surface area contributed by atoms with Crippen LogP contribution in [0.15, 0.2) is 75.7 Å². The van der Waals surface area contributed by atoms with Gasteiger partial charge < -0.3 is 14.6 Å². The van der Waals surface area contributed by atoms with Gasteiger partial charge in [-0.1, -0.05) is 62.2 Å². The highest BCUT2D eigenvalue weighted by atomic mass is 79.9. The number of hydrogen-bond donors (Lipinski definition) is 1. The van der Waals surface area contributed by atoms with Crippen LogP contribution in [0.3, 0.4) is 0 Å². The second-order valence-corrected chi connectivity index (χ2v) is 11.7. The van der Waals surface area contributed by atoms with E-state index in [1.807, 2.05) is 30.3 Å². The normalized spacial score (nSPS) is 15.7. The molecule has 0 spiro atoms. The predicted octanol–water partition coefficient (Wildman–Crippen LogP) is 6.02. The minimum Gasteiger partial charge on any atom is -0.390 e. The zero-order valence-corrected chi connectivity index (χ0v) is 23.5. The number of piperazine rings is 1. The molecule has 1 aliphatic rings. The van der Waals surface area contributed by atoms with E-state index in [-0.39, 0.29) is 0 Å². The van der Waals surface area contributed by atoms with Gasteiger partial charge >= 0.3 is 0 Å². The molecule has 36 heavy (non-hydrogen) atoms. The van der Waals surface area contributed by atoms with E-state index in [1.54, 1.807) is 0 Å². The summed E-state index contributed by atoms with van der Waals surface area (Å²) in [5.74, 6) is 0.790. The molecular weight excluding hydrogens is 602 g/mol. The molecule has 0 radical (unpaired) electrons. The van der Waals surface area contributed by atoms with E-state index in [9.17, 15) is 5.11 Å². The van der Waals surface area contributed by atoms with Gasteiger partial charge in [0.1, 0.15) is 0 Å². The number of hydrogen-bond acceptors (Lipinski definition) is 6. The molecular formula is C27H25Br2N5OS. The van der Waals surface area contributed by atoms with Gasteiger partial charge in [0.2, 0.25) is 5.13 Å². The predicted molar refractivity (Wildman–Crippen MR) is 155 cm³/mol. The first kappa shape index (κ1) is 24.1. The summed E-state index contributed by atoms with van der Waals surface area (Å²) in [5.41, 5.74) is 3.33. The van der Waals surface area contributed by atoms with Crippen LogP contribution < -0.4 is 4.90 Å². The molecule has 5 aromatic rings. The van der Waals surface area contributed by atoms with Crippen LogP contribution in [0, 0.1) is 0 Å². The van der Waals surface area contributed by atoms with E-state index in [4.69, 9.17) is 4.98 Å². The summed E-state index contributed by atoms with van der Waals surface area (Å²) in [5, 5.41) is 14.4. The van der Waals surface area contributed by atoms with Crippen LogP contribution in [-0.2, 0) is 6.54 Å². The smallest absolute Gasteiger partial charge is 0.205 e. The SMILES string of the molecule is OC(CN1CCN(c2nc(-c3ccccc3)ns2)CC1)Cn1c2ccc(Br)cc2c2cc(Br)ccc21. The highest BCUT2D eigenvalue weighted by molar-refractivity contribution is 9.10. The Morgan fingerprint density at radius 2 is 1.47 bits per heavy atom. The third-order valence-corrected chi connectivity index (χ3v) is 8.50. The summed E-state index contributed by atoms with van der Waals surface area (Å²) in [7, 11) is 0. The fraction of sp³-hybridized carbons (Fsp3) is 0.259. The lowest BCUT2D eigenvalue weighted by Crippen LogP contribution is -2.49. The zero-order chi connectivity index (χ0) is 24.6. The number of nitrogens with zero attached hydrogens (tertiary/aromatic N) is 5. The number of aliphatic hydroxyl groups excluding tert-OH is 1. The van der Waals surface area contributed by atoms with Crippen LogP contribution in [0.5, 0.6) is 0 Å². The number of benzene rings is 3. The van der Waals surface area contributed by atoms with Gasteiger partial charge in [-0.15, -0.1) is 0 Å². The number of anilines is 1. The van der Waals surface area contributed by atoms with Gasteiger partial charge in [-0.3, -0.25) is 4.90 Å². The second-order valence-electron chi connectivity index (χ2n) is 9.14. The van der Waals surface area contributed by atoms with Crippen LogP contribution in [0.2, 0.25) is 0 Å². The minimum absolute atomic E-state index is 0.464. The molecule has 6 rings (SSSR count). The molecule has 1 aliphatic heterocycles. The summed E-state index contributed by atoms with van der Waals surface area (Å²) >= 11 is 8.68. The van der Waals surface area contributed by atoms with Gasteiger partial charge in [-0.05, 0) is 36.4 Å². The lowest BCUT2D eigenvalue weighted by molar-refractivity contribution is 0.0969.